The van der Waals surface area contributed by atoms with Gasteiger partial charge in [0.25, 0.3) is 0 Å². The van der Waals surface area contributed by atoms with Gasteiger partial charge in [0, 0.05) is 12.8 Å². The first-order chi connectivity index (χ1) is 7.11. The minimum Gasteiger partial charge on any atom is -0.478 e. The van der Waals surface area contributed by atoms with E-state index in [2.05, 4.69) is 0 Å². The highest BCUT2D eigenvalue weighted by molar-refractivity contribution is 5.77. The van der Waals surface area contributed by atoms with Gasteiger partial charge in [-0.25, -0.2) is 4.79 Å². The highest BCUT2D eigenvalue weighted by Crippen LogP contribution is 2.27. The Labute approximate surface area is 89.6 Å². The zero-order valence-electron chi connectivity index (χ0n) is 9.07. The van der Waals surface area contributed by atoms with Crippen molar-refractivity contribution in [2.75, 3.05) is 0 Å². The van der Waals surface area contributed by atoms with Crippen LogP contribution in [0.25, 0.3) is 0 Å². The molecule has 1 aliphatic carbocycles. The second-order valence-electron chi connectivity index (χ2n) is 4.12. The average molecular weight is 214 g/mol. The van der Waals surface area contributed by atoms with Gasteiger partial charge in [-0.15, -0.1) is 0 Å². The molecule has 1 unspecified atom stereocenters. The second-order valence-corrected chi connectivity index (χ2v) is 4.12. The Morgan fingerprint density at radius 3 is 2.13 bits per heavy atom. The van der Waals surface area contributed by atoms with Gasteiger partial charge in [0.1, 0.15) is 0 Å². The maximum atomic E-state index is 11.0. The van der Waals surface area contributed by atoms with Crippen molar-refractivity contribution >= 4 is 11.9 Å². The number of rotatable bonds is 3. The Balaban J connectivity index is 2.60. The van der Waals surface area contributed by atoms with E-state index in [0.29, 0.717) is 0 Å². The molecule has 1 aliphatic rings. The van der Waals surface area contributed by atoms with E-state index in [4.69, 9.17) is 9.84 Å². The first-order valence-corrected chi connectivity index (χ1v) is 5.51. The summed E-state index contributed by atoms with van der Waals surface area (Å²) in [6, 6.07) is 0. The van der Waals surface area contributed by atoms with Crippen LogP contribution in [0.5, 0.6) is 0 Å². The summed E-state index contributed by atoms with van der Waals surface area (Å²) in [6.45, 7) is 1.26. The number of hydrogen-bond donors (Lipinski definition) is 1. The molecule has 86 valence electrons. The summed E-state index contributed by atoms with van der Waals surface area (Å²) in [4.78, 5) is 21.8. The van der Waals surface area contributed by atoms with Crippen molar-refractivity contribution < 1.29 is 19.4 Å². The van der Waals surface area contributed by atoms with Crippen molar-refractivity contribution in [2.24, 2.45) is 5.92 Å². The zero-order valence-corrected chi connectivity index (χ0v) is 9.07. The molecule has 0 aromatic heterocycles. The third-order valence-corrected chi connectivity index (χ3v) is 2.86. The maximum absolute atomic E-state index is 11.0. The van der Waals surface area contributed by atoms with E-state index in [1.54, 1.807) is 0 Å². The molecule has 0 heterocycles. The maximum Gasteiger partial charge on any atom is 0.345 e. The minimum absolute atomic E-state index is 0.00565. The predicted octanol–water partition coefficient (Wildman–Crippen LogP) is 1.97. The number of ether oxygens (including phenoxy) is 1. The Morgan fingerprint density at radius 1 is 1.20 bits per heavy atom. The lowest BCUT2D eigenvalue weighted by Crippen LogP contribution is -2.33. The number of carbonyl (C=O) groups is 2. The SMILES string of the molecule is CC(=O)OC(C(=O)O)C1CCCCCC1. The van der Waals surface area contributed by atoms with Gasteiger partial charge in [-0.3, -0.25) is 4.79 Å². The fourth-order valence-electron chi connectivity index (χ4n) is 2.14. The van der Waals surface area contributed by atoms with E-state index in [-0.39, 0.29) is 5.92 Å². The van der Waals surface area contributed by atoms with Gasteiger partial charge in [0.2, 0.25) is 6.10 Å². The van der Waals surface area contributed by atoms with Gasteiger partial charge in [0.15, 0.2) is 0 Å². The van der Waals surface area contributed by atoms with E-state index >= 15 is 0 Å². The molecule has 1 atom stereocenters. The predicted molar refractivity (Wildman–Crippen MR) is 54.4 cm³/mol. The standard InChI is InChI=1S/C11H18O4/c1-8(12)15-10(11(13)14)9-6-4-2-3-5-7-9/h9-10H,2-7H2,1H3,(H,13,14). The Hall–Kier alpha value is -1.06. The van der Waals surface area contributed by atoms with Gasteiger partial charge in [-0.2, -0.15) is 0 Å². The molecule has 0 bridgehead atoms. The molecule has 0 aliphatic heterocycles. The molecule has 1 saturated carbocycles. The van der Waals surface area contributed by atoms with Crippen LogP contribution in [0.3, 0.4) is 0 Å². The number of carboxylic acid groups (broad SMARTS) is 1. The van der Waals surface area contributed by atoms with Crippen LogP contribution >= 0.6 is 0 Å². The van der Waals surface area contributed by atoms with Gasteiger partial charge in [-0.1, -0.05) is 25.7 Å². The molecule has 0 spiro atoms. The molecule has 0 amide bonds. The van der Waals surface area contributed by atoms with Gasteiger partial charge in [0.05, 0.1) is 0 Å². The van der Waals surface area contributed by atoms with Crippen molar-refractivity contribution in [3.63, 3.8) is 0 Å². The molecule has 15 heavy (non-hydrogen) atoms. The van der Waals surface area contributed by atoms with E-state index in [9.17, 15) is 9.59 Å². The van der Waals surface area contributed by atoms with Crippen LogP contribution in [-0.2, 0) is 14.3 Å². The third-order valence-electron chi connectivity index (χ3n) is 2.86. The van der Waals surface area contributed by atoms with Crippen LogP contribution in [0.1, 0.15) is 45.4 Å². The molecule has 0 saturated heterocycles. The number of hydrogen-bond acceptors (Lipinski definition) is 3. The summed E-state index contributed by atoms with van der Waals surface area (Å²) in [5, 5.41) is 8.99. The highest BCUT2D eigenvalue weighted by Gasteiger charge is 2.31. The van der Waals surface area contributed by atoms with E-state index in [1.807, 2.05) is 0 Å². The number of carbonyl (C=O) groups excluding carboxylic acids is 1. The number of aliphatic carboxylic acids is 1. The van der Waals surface area contributed by atoms with E-state index in [1.165, 1.54) is 6.92 Å². The van der Waals surface area contributed by atoms with E-state index in [0.717, 1.165) is 38.5 Å². The Bertz CT molecular complexity index is 229. The quantitative estimate of drug-likeness (QED) is 0.576. The van der Waals surface area contributed by atoms with Crippen molar-refractivity contribution in [3.05, 3.63) is 0 Å². The largest absolute Gasteiger partial charge is 0.478 e. The molecular weight excluding hydrogens is 196 g/mol. The van der Waals surface area contributed by atoms with Crippen molar-refractivity contribution in [1.29, 1.82) is 0 Å². The summed E-state index contributed by atoms with van der Waals surface area (Å²) in [5.41, 5.74) is 0. The van der Waals surface area contributed by atoms with Crippen LogP contribution in [-0.4, -0.2) is 23.1 Å². The lowest BCUT2D eigenvalue weighted by Gasteiger charge is -2.21. The smallest absolute Gasteiger partial charge is 0.345 e. The highest BCUT2D eigenvalue weighted by atomic mass is 16.6. The summed E-state index contributed by atoms with van der Waals surface area (Å²) >= 11 is 0. The molecule has 1 N–H and O–H groups in total. The molecule has 4 heteroatoms. The first kappa shape index (κ1) is 12.0. The number of esters is 1. The van der Waals surface area contributed by atoms with Crippen LogP contribution in [0.4, 0.5) is 0 Å². The second kappa shape index (κ2) is 5.73. The van der Waals surface area contributed by atoms with Crippen molar-refractivity contribution in [3.8, 4) is 0 Å². The van der Waals surface area contributed by atoms with Crippen molar-refractivity contribution in [2.45, 2.75) is 51.6 Å². The Morgan fingerprint density at radius 2 is 1.73 bits per heavy atom. The van der Waals surface area contributed by atoms with Gasteiger partial charge >= 0.3 is 11.9 Å². The number of carboxylic acids is 1. The van der Waals surface area contributed by atoms with Gasteiger partial charge in [-0.05, 0) is 12.8 Å². The molecule has 4 nitrogen and oxygen atoms in total. The fourth-order valence-corrected chi connectivity index (χ4v) is 2.14. The summed E-state index contributed by atoms with van der Waals surface area (Å²) in [6.07, 6.45) is 5.15. The molecule has 0 radical (unpaired) electrons. The first-order valence-electron chi connectivity index (χ1n) is 5.51. The Kier molecular flexibility index (Phi) is 4.59. The van der Waals surface area contributed by atoms with E-state index < -0.39 is 18.0 Å². The third kappa shape index (κ3) is 3.90. The van der Waals surface area contributed by atoms with Gasteiger partial charge < -0.3 is 9.84 Å². The molecule has 0 aromatic rings. The van der Waals surface area contributed by atoms with Crippen LogP contribution in [0, 0.1) is 5.92 Å². The van der Waals surface area contributed by atoms with Crippen LogP contribution in [0.15, 0.2) is 0 Å². The average Bonchev–Trinajstić information content (AvgIpc) is 2.41. The van der Waals surface area contributed by atoms with Crippen LogP contribution < -0.4 is 0 Å². The summed E-state index contributed by atoms with van der Waals surface area (Å²) in [5.74, 6) is -1.53. The normalized spacial score (nSPS) is 20.3. The van der Waals surface area contributed by atoms with Crippen molar-refractivity contribution in [1.82, 2.24) is 0 Å². The molecular formula is C11H18O4. The lowest BCUT2D eigenvalue weighted by molar-refractivity contribution is -0.166. The monoisotopic (exact) mass is 214 g/mol. The molecule has 1 fully saturated rings. The molecule has 0 aromatic carbocycles. The lowest BCUT2D eigenvalue weighted by atomic mass is 9.94. The molecule has 1 rings (SSSR count). The summed E-state index contributed by atoms with van der Waals surface area (Å²) in [7, 11) is 0. The fraction of sp³-hybridized carbons (Fsp3) is 0.818. The summed E-state index contributed by atoms with van der Waals surface area (Å²) < 4.78 is 4.87. The zero-order chi connectivity index (χ0) is 11.3. The van der Waals surface area contributed by atoms with Crippen LogP contribution in [0.2, 0.25) is 0 Å². The minimum atomic E-state index is -1.02. The topological polar surface area (TPSA) is 63.6 Å².